The molecule has 0 fully saturated rings. The molecule has 2 unspecified atom stereocenters. The van der Waals surface area contributed by atoms with Crippen LogP contribution in [0.25, 0.3) is 0 Å². The number of ether oxygens (including phenoxy) is 4. The molecule has 0 N–H and O–H groups in total. The van der Waals surface area contributed by atoms with Gasteiger partial charge in [-0.15, -0.1) is 0 Å². The molecule has 9 heteroatoms. The van der Waals surface area contributed by atoms with E-state index in [1.54, 1.807) is 0 Å². The molecule has 0 aromatic carbocycles. The first-order valence-electron chi connectivity index (χ1n) is 20.8. The van der Waals surface area contributed by atoms with Gasteiger partial charge in [0, 0.05) is 12.8 Å². The molecule has 0 aromatic rings. The van der Waals surface area contributed by atoms with Crippen molar-refractivity contribution < 1.29 is 42.9 Å². The van der Waals surface area contributed by atoms with Crippen LogP contribution in [-0.4, -0.2) is 82.3 Å². The lowest BCUT2D eigenvalue weighted by Crippen LogP contribution is -2.44. The first-order chi connectivity index (χ1) is 25.6. The number of aliphatic carboxylic acids is 1. The molecule has 0 bridgehead atoms. The highest BCUT2D eigenvalue weighted by Crippen LogP contribution is 2.12. The van der Waals surface area contributed by atoms with Crippen LogP contribution in [0.15, 0.2) is 48.6 Å². The molecule has 0 amide bonds. The van der Waals surface area contributed by atoms with Crippen LogP contribution in [0.5, 0.6) is 0 Å². The number of carbonyl (C=O) groups excluding carboxylic acids is 3. The molecule has 0 aromatic heterocycles. The summed E-state index contributed by atoms with van der Waals surface area (Å²) in [5.74, 6) is -2.34. The van der Waals surface area contributed by atoms with Gasteiger partial charge in [0.25, 0.3) is 0 Å². The highest BCUT2D eigenvalue weighted by atomic mass is 16.7. The fraction of sp³-hybridized carbons (Fsp3) is 0.750. The van der Waals surface area contributed by atoms with E-state index in [-0.39, 0.29) is 38.6 Å². The van der Waals surface area contributed by atoms with Gasteiger partial charge in [0.05, 0.1) is 40.3 Å². The van der Waals surface area contributed by atoms with Gasteiger partial charge in [-0.2, -0.15) is 0 Å². The Hall–Kier alpha value is -2.75. The highest BCUT2D eigenvalue weighted by Gasteiger charge is 2.21. The fourth-order valence-corrected chi connectivity index (χ4v) is 5.31. The molecule has 0 aliphatic rings. The van der Waals surface area contributed by atoms with Gasteiger partial charge in [-0.1, -0.05) is 120 Å². The van der Waals surface area contributed by atoms with E-state index in [9.17, 15) is 19.5 Å². The molecule has 0 radical (unpaired) electrons. The van der Waals surface area contributed by atoms with E-state index in [0.717, 1.165) is 77.0 Å². The normalized spacial score (nSPS) is 13.5. The molecule has 53 heavy (non-hydrogen) atoms. The van der Waals surface area contributed by atoms with E-state index in [1.165, 1.54) is 44.9 Å². The van der Waals surface area contributed by atoms with E-state index in [1.807, 2.05) is 21.1 Å². The lowest BCUT2D eigenvalue weighted by atomic mass is 10.1. The average molecular weight is 748 g/mol. The number of carboxylic acid groups (broad SMARTS) is 1. The Kier molecular flexibility index (Phi) is 34.4. The second-order valence-corrected chi connectivity index (χ2v) is 14.9. The van der Waals surface area contributed by atoms with E-state index >= 15 is 0 Å². The van der Waals surface area contributed by atoms with Gasteiger partial charge in [-0.05, 0) is 70.6 Å². The van der Waals surface area contributed by atoms with Gasteiger partial charge in [0.2, 0.25) is 0 Å². The molecule has 0 aliphatic carbocycles. The van der Waals surface area contributed by atoms with Crippen LogP contribution in [0.4, 0.5) is 0 Å². The van der Waals surface area contributed by atoms with Crippen molar-refractivity contribution in [1.82, 2.24) is 0 Å². The molecule has 0 rings (SSSR count). The van der Waals surface area contributed by atoms with E-state index in [2.05, 4.69) is 62.5 Å². The number of unbranched alkanes of at least 4 members (excludes halogenated alkanes) is 14. The van der Waals surface area contributed by atoms with Gasteiger partial charge in [0.1, 0.15) is 13.2 Å². The minimum absolute atomic E-state index is 0.139. The summed E-state index contributed by atoms with van der Waals surface area (Å²) in [5.41, 5.74) is 0. The first kappa shape index (κ1) is 50.2. The molecule has 0 heterocycles. The summed E-state index contributed by atoms with van der Waals surface area (Å²) < 4.78 is 22.4. The van der Waals surface area contributed by atoms with Crippen molar-refractivity contribution in [3.63, 3.8) is 0 Å². The number of carbonyl (C=O) groups is 3. The Bertz CT molecular complexity index is 1010. The highest BCUT2D eigenvalue weighted by molar-refractivity contribution is 5.70. The number of carboxylic acids is 1. The quantitative estimate of drug-likeness (QED) is 0.0204. The molecule has 0 aliphatic heterocycles. The zero-order valence-corrected chi connectivity index (χ0v) is 34.4. The van der Waals surface area contributed by atoms with Gasteiger partial charge < -0.3 is 33.3 Å². The Morgan fingerprint density at radius 2 is 1.08 bits per heavy atom. The molecule has 2 atom stereocenters. The summed E-state index contributed by atoms with van der Waals surface area (Å²) in [7, 11) is 5.88. The Labute approximate surface area is 323 Å². The second kappa shape index (κ2) is 36.2. The summed E-state index contributed by atoms with van der Waals surface area (Å²) in [4.78, 5) is 36.8. The largest absolute Gasteiger partial charge is 0.545 e. The number of hydrogen-bond donors (Lipinski definition) is 0. The van der Waals surface area contributed by atoms with Crippen LogP contribution in [0, 0.1) is 0 Å². The number of nitrogens with zero attached hydrogens (tertiary/aromatic N) is 1. The van der Waals surface area contributed by atoms with Crippen molar-refractivity contribution >= 4 is 17.9 Å². The summed E-state index contributed by atoms with van der Waals surface area (Å²) in [6.07, 6.45) is 37.2. The number of quaternary nitrogens is 1. The lowest BCUT2D eigenvalue weighted by molar-refractivity contribution is -0.870. The van der Waals surface area contributed by atoms with Gasteiger partial charge in [-0.25, -0.2) is 0 Å². The summed E-state index contributed by atoms with van der Waals surface area (Å²) >= 11 is 0. The maximum Gasteiger partial charge on any atom is 0.306 e. The molecular formula is C44H77NO8. The van der Waals surface area contributed by atoms with Gasteiger partial charge in [0.15, 0.2) is 12.4 Å². The monoisotopic (exact) mass is 748 g/mol. The predicted molar refractivity (Wildman–Crippen MR) is 214 cm³/mol. The molecule has 0 saturated carbocycles. The Morgan fingerprint density at radius 3 is 1.64 bits per heavy atom. The van der Waals surface area contributed by atoms with Crippen LogP contribution in [-0.2, 0) is 33.3 Å². The predicted octanol–water partition coefficient (Wildman–Crippen LogP) is 9.10. The van der Waals surface area contributed by atoms with E-state index < -0.39 is 24.3 Å². The standard InChI is InChI=1S/C44H77NO8/c1-6-8-10-12-14-16-18-20-21-23-24-26-28-30-32-34-41(46)51-38-40(39-52-44(43(48)49)50-37-36-45(3,4)5)53-42(47)35-33-31-29-27-25-22-19-17-15-13-11-9-7-2/h9,11,15,17,20-22,25,40,44H,6-8,10,12-14,16,18-19,23-24,26-39H2,1-5H3/b11-9-,17-15-,21-20-,25-22-. The zero-order chi connectivity index (χ0) is 39.3. The third kappa shape index (κ3) is 37.4. The Balaban J connectivity index is 4.55. The number of rotatable bonds is 37. The minimum Gasteiger partial charge on any atom is -0.545 e. The molecule has 0 saturated heterocycles. The van der Waals surface area contributed by atoms with E-state index in [0.29, 0.717) is 17.4 Å². The molecule has 9 nitrogen and oxygen atoms in total. The molecule has 0 spiro atoms. The smallest absolute Gasteiger partial charge is 0.306 e. The van der Waals surface area contributed by atoms with Crippen LogP contribution < -0.4 is 5.11 Å². The second-order valence-electron chi connectivity index (χ2n) is 14.9. The third-order valence-corrected chi connectivity index (χ3v) is 8.56. The lowest BCUT2D eigenvalue weighted by Gasteiger charge is -2.26. The SMILES string of the molecule is CC/C=C\C/C=C\C/C=C\CCCCCC(=O)OC(COC(=O)CCCCCCC/C=C\CCCCCCCC)COC(OCC[N+](C)(C)C)C(=O)[O-]. The first-order valence-corrected chi connectivity index (χ1v) is 20.8. The van der Waals surface area contributed by atoms with Crippen molar-refractivity contribution in [2.45, 2.75) is 167 Å². The summed E-state index contributed by atoms with van der Waals surface area (Å²) in [5, 5.41) is 11.7. The van der Waals surface area contributed by atoms with Crippen molar-refractivity contribution in [1.29, 1.82) is 0 Å². The minimum atomic E-state index is -1.63. The summed E-state index contributed by atoms with van der Waals surface area (Å²) in [6.45, 7) is 4.55. The van der Waals surface area contributed by atoms with Gasteiger partial charge in [-0.3, -0.25) is 9.59 Å². The molecular weight excluding hydrogens is 670 g/mol. The average Bonchev–Trinajstić information content (AvgIpc) is 3.11. The van der Waals surface area contributed by atoms with Crippen molar-refractivity contribution in [2.75, 3.05) is 47.5 Å². The van der Waals surface area contributed by atoms with Crippen LogP contribution >= 0.6 is 0 Å². The van der Waals surface area contributed by atoms with E-state index in [4.69, 9.17) is 18.9 Å². The zero-order valence-electron chi connectivity index (χ0n) is 34.4. The molecule has 306 valence electrons. The third-order valence-electron chi connectivity index (χ3n) is 8.56. The number of likely N-dealkylation sites (N-methyl/N-ethyl adjacent to an activating group) is 1. The fourth-order valence-electron chi connectivity index (χ4n) is 5.31. The van der Waals surface area contributed by atoms with Crippen molar-refractivity contribution in [3.05, 3.63) is 48.6 Å². The maximum absolute atomic E-state index is 12.7. The summed E-state index contributed by atoms with van der Waals surface area (Å²) in [6, 6.07) is 0. The Morgan fingerprint density at radius 1 is 0.585 bits per heavy atom. The van der Waals surface area contributed by atoms with Crippen LogP contribution in [0.2, 0.25) is 0 Å². The number of esters is 2. The van der Waals surface area contributed by atoms with Crippen LogP contribution in [0.3, 0.4) is 0 Å². The topological polar surface area (TPSA) is 111 Å². The van der Waals surface area contributed by atoms with Gasteiger partial charge >= 0.3 is 11.9 Å². The van der Waals surface area contributed by atoms with Crippen molar-refractivity contribution in [2.24, 2.45) is 0 Å². The van der Waals surface area contributed by atoms with Crippen molar-refractivity contribution in [3.8, 4) is 0 Å². The number of hydrogen-bond acceptors (Lipinski definition) is 8. The number of allylic oxidation sites excluding steroid dienone is 8. The maximum atomic E-state index is 12.7. The van der Waals surface area contributed by atoms with Crippen LogP contribution in [0.1, 0.15) is 155 Å².